The summed E-state index contributed by atoms with van der Waals surface area (Å²) in [4.78, 5) is 6.79. The van der Waals surface area contributed by atoms with Crippen molar-refractivity contribution in [1.29, 1.82) is 0 Å². The van der Waals surface area contributed by atoms with Gasteiger partial charge in [0.05, 0.1) is 0 Å². The molecule has 0 saturated carbocycles. The maximum atomic E-state index is 4.33. The van der Waals surface area contributed by atoms with Crippen molar-refractivity contribution in [2.45, 2.75) is 33.2 Å². The third-order valence-electron chi connectivity index (χ3n) is 2.80. The Morgan fingerprint density at radius 1 is 1.38 bits per heavy atom. The minimum absolute atomic E-state index is 0.987. The van der Waals surface area contributed by atoms with Gasteiger partial charge in [0, 0.05) is 25.4 Å². The predicted octanol–water partition coefficient (Wildman–Crippen LogP) is 2.75. The summed E-state index contributed by atoms with van der Waals surface area (Å²) in [6.07, 6.45) is 4.35. The van der Waals surface area contributed by atoms with Crippen molar-refractivity contribution in [2.75, 3.05) is 25.5 Å². The van der Waals surface area contributed by atoms with Crippen LogP contribution in [-0.4, -0.2) is 30.0 Å². The van der Waals surface area contributed by atoms with Gasteiger partial charge in [0.2, 0.25) is 0 Å². The molecule has 0 aliphatic heterocycles. The minimum atomic E-state index is 0.987. The molecule has 0 unspecified atom stereocenters. The smallest absolute Gasteiger partial charge is 0.130 e. The molecule has 1 aromatic heterocycles. The summed E-state index contributed by atoms with van der Waals surface area (Å²) in [7, 11) is 1.92. The topological polar surface area (TPSA) is 28.2 Å². The van der Waals surface area contributed by atoms with E-state index in [2.05, 4.69) is 35.1 Å². The van der Waals surface area contributed by atoms with E-state index in [0.717, 1.165) is 18.9 Å². The van der Waals surface area contributed by atoms with E-state index < -0.39 is 0 Å². The van der Waals surface area contributed by atoms with Crippen LogP contribution in [0.3, 0.4) is 0 Å². The monoisotopic (exact) mass is 221 g/mol. The molecule has 0 saturated heterocycles. The van der Waals surface area contributed by atoms with Crippen LogP contribution in [0.25, 0.3) is 0 Å². The van der Waals surface area contributed by atoms with Crippen LogP contribution in [0.4, 0.5) is 5.82 Å². The molecule has 0 aromatic carbocycles. The standard InChI is InChI=1S/C13H23N3/c1-4-6-10-16(5-2)11-12-8-7-9-15-13(12)14-3/h7-9H,4-6,10-11H2,1-3H3,(H,14,15). The summed E-state index contributed by atoms with van der Waals surface area (Å²) < 4.78 is 0. The lowest BCUT2D eigenvalue weighted by Gasteiger charge is -2.21. The fourth-order valence-corrected chi connectivity index (χ4v) is 1.76. The van der Waals surface area contributed by atoms with Gasteiger partial charge in [-0.3, -0.25) is 4.90 Å². The highest BCUT2D eigenvalue weighted by molar-refractivity contribution is 5.42. The second-order valence-corrected chi connectivity index (χ2v) is 3.98. The molecule has 0 radical (unpaired) electrons. The Morgan fingerprint density at radius 2 is 2.19 bits per heavy atom. The van der Waals surface area contributed by atoms with E-state index >= 15 is 0 Å². The van der Waals surface area contributed by atoms with Gasteiger partial charge >= 0.3 is 0 Å². The van der Waals surface area contributed by atoms with Crippen LogP contribution in [0.5, 0.6) is 0 Å². The molecular weight excluding hydrogens is 198 g/mol. The molecule has 0 aliphatic rings. The Bertz CT molecular complexity index is 299. The molecule has 1 heterocycles. The first-order valence-electron chi connectivity index (χ1n) is 6.15. The van der Waals surface area contributed by atoms with Crippen molar-refractivity contribution in [1.82, 2.24) is 9.88 Å². The lowest BCUT2D eigenvalue weighted by Crippen LogP contribution is -2.24. The Balaban J connectivity index is 2.62. The van der Waals surface area contributed by atoms with Gasteiger partial charge < -0.3 is 5.32 Å². The number of nitrogens with zero attached hydrogens (tertiary/aromatic N) is 2. The number of anilines is 1. The maximum Gasteiger partial charge on any atom is 0.130 e. The predicted molar refractivity (Wildman–Crippen MR) is 69.6 cm³/mol. The summed E-state index contributed by atoms with van der Waals surface area (Å²) >= 11 is 0. The molecule has 90 valence electrons. The van der Waals surface area contributed by atoms with Gasteiger partial charge in [-0.15, -0.1) is 0 Å². The van der Waals surface area contributed by atoms with Gasteiger partial charge in [-0.1, -0.05) is 26.3 Å². The van der Waals surface area contributed by atoms with Crippen LogP contribution >= 0.6 is 0 Å². The van der Waals surface area contributed by atoms with Gasteiger partial charge in [0.25, 0.3) is 0 Å². The zero-order valence-corrected chi connectivity index (χ0v) is 10.7. The van der Waals surface area contributed by atoms with E-state index in [1.54, 1.807) is 0 Å². The summed E-state index contributed by atoms with van der Waals surface area (Å²) in [5, 5.41) is 3.14. The molecule has 0 amide bonds. The number of hydrogen-bond acceptors (Lipinski definition) is 3. The fraction of sp³-hybridized carbons (Fsp3) is 0.615. The van der Waals surface area contributed by atoms with E-state index in [9.17, 15) is 0 Å². The van der Waals surface area contributed by atoms with E-state index in [1.165, 1.54) is 24.9 Å². The normalized spacial score (nSPS) is 10.8. The van der Waals surface area contributed by atoms with Crippen molar-refractivity contribution >= 4 is 5.82 Å². The average molecular weight is 221 g/mol. The molecule has 1 aromatic rings. The van der Waals surface area contributed by atoms with Crippen molar-refractivity contribution in [3.05, 3.63) is 23.9 Å². The fourth-order valence-electron chi connectivity index (χ4n) is 1.76. The second kappa shape index (κ2) is 7.23. The van der Waals surface area contributed by atoms with Gasteiger partial charge in [-0.05, 0) is 25.6 Å². The molecule has 0 spiro atoms. The molecule has 3 heteroatoms. The maximum absolute atomic E-state index is 4.33. The van der Waals surface area contributed by atoms with Crippen molar-refractivity contribution in [3.63, 3.8) is 0 Å². The summed E-state index contributed by atoms with van der Waals surface area (Å²) in [5.74, 6) is 0.998. The molecule has 0 aliphatic carbocycles. The number of hydrogen-bond donors (Lipinski definition) is 1. The first-order chi connectivity index (χ1) is 7.81. The number of nitrogens with one attached hydrogen (secondary N) is 1. The number of aromatic nitrogens is 1. The second-order valence-electron chi connectivity index (χ2n) is 3.98. The Hall–Kier alpha value is -1.09. The highest BCUT2D eigenvalue weighted by atomic mass is 15.1. The number of unbranched alkanes of at least 4 members (excludes halogenated alkanes) is 1. The molecule has 3 nitrogen and oxygen atoms in total. The van der Waals surface area contributed by atoms with Crippen molar-refractivity contribution in [3.8, 4) is 0 Å². The Labute approximate surface area is 98.9 Å². The average Bonchev–Trinajstić information content (AvgIpc) is 2.34. The van der Waals surface area contributed by atoms with Crippen LogP contribution in [0.2, 0.25) is 0 Å². The summed E-state index contributed by atoms with van der Waals surface area (Å²) in [6, 6.07) is 4.15. The molecule has 0 fully saturated rings. The molecule has 1 N–H and O–H groups in total. The first kappa shape index (κ1) is 13.0. The molecule has 16 heavy (non-hydrogen) atoms. The summed E-state index contributed by atoms with van der Waals surface area (Å²) in [6.45, 7) is 7.70. The van der Waals surface area contributed by atoms with E-state index in [1.807, 2.05) is 19.3 Å². The molecule has 0 bridgehead atoms. The number of rotatable bonds is 7. The van der Waals surface area contributed by atoms with E-state index in [-0.39, 0.29) is 0 Å². The van der Waals surface area contributed by atoms with Gasteiger partial charge in [0.1, 0.15) is 5.82 Å². The van der Waals surface area contributed by atoms with Crippen LogP contribution in [0, 0.1) is 0 Å². The highest BCUT2D eigenvalue weighted by Crippen LogP contribution is 2.13. The zero-order chi connectivity index (χ0) is 11.8. The number of pyridine rings is 1. The van der Waals surface area contributed by atoms with Crippen molar-refractivity contribution < 1.29 is 0 Å². The van der Waals surface area contributed by atoms with Gasteiger partial charge in [-0.2, -0.15) is 0 Å². The van der Waals surface area contributed by atoms with Crippen LogP contribution < -0.4 is 5.32 Å². The molecule has 1 rings (SSSR count). The largest absolute Gasteiger partial charge is 0.373 e. The first-order valence-corrected chi connectivity index (χ1v) is 6.15. The Kier molecular flexibility index (Phi) is 5.86. The van der Waals surface area contributed by atoms with E-state index in [4.69, 9.17) is 0 Å². The summed E-state index contributed by atoms with van der Waals surface area (Å²) in [5.41, 5.74) is 1.28. The lowest BCUT2D eigenvalue weighted by molar-refractivity contribution is 0.275. The van der Waals surface area contributed by atoms with Gasteiger partial charge in [0.15, 0.2) is 0 Å². The van der Waals surface area contributed by atoms with Crippen LogP contribution in [0.15, 0.2) is 18.3 Å². The molecular formula is C13H23N3. The third-order valence-corrected chi connectivity index (χ3v) is 2.80. The lowest BCUT2D eigenvalue weighted by atomic mass is 10.2. The third kappa shape index (κ3) is 3.81. The Morgan fingerprint density at radius 3 is 2.81 bits per heavy atom. The zero-order valence-electron chi connectivity index (χ0n) is 10.7. The minimum Gasteiger partial charge on any atom is -0.373 e. The quantitative estimate of drug-likeness (QED) is 0.767. The van der Waals surface area contributed by atoms with Gasteiger partial charge in [-0.25, -0.2) is 4.98 Å². The molecule has 0 atom stereocenters. The van der Waals surface area contributed by atoms with Crippen LogP contribution in [0.1, 0.15) is 32.3 Å². The van der Waals surface area contributed by atoms with Crippen molar-refractivity contribution in [2.24, 2.45) is 0 Å². The SMILES string of the molecule is CCCCN(CC)Cc1cccnc1NC. The van der Waals surface area contributed by atoms with E-state index in [0.29, 0.717) is 0 Å². The van der Waals surface area contributed by atoms with Crippen LogP contribution in [-0.2, 0) is 6.54 Å². The highest BCUT2D eigenvalue weighted by Gasteiger charge is 2.06.